The van der Waals surface area contributed by atoms with Gasteiger partial charge in [-0.05, 0) is 38.2 Å². The molecule has 2 aliphatic rings. The first-order chi connectivity index (χ1) is 8.99. The first kappa shape index (κ1) is 12.6. The van der Waals surface area contributed by atoms with Gasteiger partial charge in [-0.3, -0.25) is 4.79 Å². The van der Waals surface area contributed by atoms with E-state index in [1.54, 1.807) is 0 Å². The Balaban J connectivity index is 1.88. The van der Waals surface area contributed by atoms with E-state index in [-0.39, 0.29) is 11.9 Å². The van der Waals surface area contributed by atoms with Crippen molar-refractivity contribution < 1.29 is 14.5 Å². The quantitative estimate of drug-likeness (QED) is 0.763. The van der Waals surface area contributed by atoms with Crippen LogP contribution in [0, 0.1) is 5.92 Å². The van der Waals surface area contributed by atoms with E-state index in [0.717, 1.165) is 25.8 Å². The van der Waals surface area contributed by atoms with Gasteiger partial charge in [-0.1, -0.05) is 0 Å². The molecule has 0 spiro atoms. The average Bonchev–Trinajstić information content (AvgIpc) is 2.91. The van der Waals surface area contributed by atoms with Gasteiger partial charge in [0.15, 0.2) is 12.4 Å². The predicted molar refractivity (Wildman–Crippen MR) is 70.4 cm³/mol. The van der Waals surface area contributed by atoms with Crippen molar-refractivity contribution in [3.05, 3.63) is 30.1 Å². The van der Waals surface area contributed by atoms with Crippen molar-refractivity contribution in [1.82, 2.24) is 4.90 Å². The molecular formula is C15H21N2O2+. The van der Waals surface area contributed by atoms with Crippen LogP contribution < -0.4 is 4.57 Å². The monoisotopic (exact) mass is 261 g/mol. The van der Waals surface area contributed by atoms with Gasteiger partial charge in [0.05, 0.1) is 11.6 Å². The van der Waals surface area contributed by atoms with Gasteiger partial charge in [-0.2, -0.15) is 0 Å². The third kappa shape index (κ3) is 2.04. The number of rotatable bonds is 1. The van der Waals surface area contributed by atoms with Gasteiger partial charge < -0.3 is 10.0 Å². The summed E-state index contributed by atoms with van der Waals surface area (Å²) in [6, 6.07) is 3.72. The lowest BCUT2D eigenvalue weighted by Crippen LogP contribution is -2.49. The summed E-state index contributed by atoms with van der Waals surface area (Å²) in [5, 5.41) is 10.5. The van der Waals surface area contributed by atoms with Crippen molar-refractivity contribution in [2.24, 2.45) is 13.0 Å². The highest BCUT2D eigenvalue weighted by Gasteiger charge is 2.52. The molecular weight excluding hydrogens is 240 g/mol. The van der Waals surface area contributed by atoms with Crippen LogP contribution in [0.15, 0.2) is 24.5 Å². The molecule has 1 aromatic heterocycles. The Morgan fingerprint density at radius 1 is 1.53 bits per heavy atom. The number of carbonyl (C=O) groups excluding carboxylic acids is 1. The molecule has 102 valence electrons. The molecule has 1 N–H and O–H groups in total. The van der Waals surface area contributed by atoms with E-state index in [4.69, 9.17) is 0 Å². The normalized spacial score (nSPS) is 33.5. The molecule has 0 bridgehead atoms. The van der Waals surface area contributed by atoms with Crippen molar-refractivity contribution >= 4 is 5.91 Å². The molecule has 0 aromatic carbocycles. The topological polar surface area (TPSA) is 44.4 Å². The standard InChI is InChI=1S/C15H21N2O2/c1-15(19)7-5-11-6-9-17(13(11)15)14(18)12-4-3-8-16(2)10-12/h3-4,8,10-11,13,19H,5-7,9H2,1-2H3/q+1/t11-,13+,15-/m1/s1. The molecule has 1 aliphatic heterocycles. The van der Waals surface area contributed by atoms with Gasteiger partial charge in [-0.25, -0.2) is 4.57 Å². The largest absolute Gasteiger partial charge is 0.388 e. The van der Waals surface area contributed by atoms with Crippen molar-refractivity contribution in [1.29, 1.82) is 0 Å². The number of nitrogens with zero attached hydrogens (tertiary/aromatic N) is 2. The number of fused-ring (bicyclic) bond motifs is 1. The van der Waals surface area contributed by atoms with Crippen LogP contribution in [0.1, 0.15) is 36.5 Å². The zero-order valence-corrected chi connectivity index (χ0v) is 11.5. The Morgan fingerprint density at radius 2 is 2.32 bits per heavy atom. The minimum Gasteiger partial charge on any atom is -0.388 e. The number of carbonyl (C=O) groups is 1. The second-order valence-electron chi connectivity index (χ2n) is 6.15. The number of hydrogen-bond acceptors (Lipinski definition) is 2. The minimum absolute atomic E-state index is 0.00878. The summed E-state index contributed by atoms with van der Waals surface area (Å²) in [6.07, 6.45) is 6.61. The van der Waals surface area contributed by atoms with Crippen LogP contribution in [-0.2, 0) is 7.05 Å². The smallest absolute Gasteiger partial charge is 0.260 e. The van der Waals surface area contributed by atoms with Crippen LogP contribution in [0.5, 0.6) is 0 Å². The van der Waals surface area contributed by atoms with Crippen LogP contribution in [-0.4, -0.2) is 34.1 Å². The zero-order valence-electron chi connectivity index (χ0n) is 11.5. The van der Waals surface area contributed by atoms with E-state index in [2.05, 4.69) is 0 Å². The van der Waals surface area contributed by atoms with Crippen molar-refractivity contribution in [3.8, 4) is 0 Å². The fraction of sp³-hybridized carbons (Fsp3) is 0.600. The second-order valence-corrected chi connectivity index (χ2v) is 6.15. The van der Waals surface area contributed by atoms with E-state index in [1.807, 2.05) is 48.0 Å². The van der Waals surface area contributed by atoms with Gasteiger partial charge in [0.2, 0.25) is 0 Å². The van der Waals surface area contributed by atoms with Crippen molar-refractivity contribution in [3.63, 3.8) is 0 Å². The molecule has 1 saturated heterocycles. The van der Waals surface area contributed by atoms with Crippen LogP contribution in [0.2, 0.25) is 0 Å². The highest BCUT2D eigenvalue weighted by molar-refractivity contribution is 5.94. The van der Waals surface area contributed by atoms with E-state index in [0.29, 0.717) is 11.5 Å². The highest BCUT2D eigenvalue weighted by atomic mass is 16.3. The maximum atomic E-state index is 12.6. The van der Waals surface area contributed by atoms with Crippen molar-refractivity contribution in [2.75, 3.05) is 6.54 Å². The highest BCUT2D eigenvalue weighted by Crippen LogP contribution is 2.44. The van der Waals surface area contributed by atoms with Gasteiger partial charge in [0.1, 0.15) is 12.6 Å². The number of likely N-dealkylation sites (tertiary alicyclic amines) is 1. The Kier molecular flexibility index (Phi) is 2.86. The number of aliphatic hydroxyl groups is 1. The first-order valence-corrected chi connectivity index (χ1v) is 6.98. The SMILES string of the molecule is C[n+]1cccc(C(=O)N2CC[C@H]3CC[C@@](C)(O)[C@H]32)c1. The molecule has 4 heteroatoms. The molecule has 1 aliphatic carbocycles. The van der Waals surface area contributed by atoms with Gasteiger partial charge in [0.25, 0.3) is 5.91 Å². The molecule has 0 radical (unpaired) electrons. The van der Waals surface area contributed by atoms with E-state index >= 15 is 0 Å². The maximum absolute atomic E-state index is 12.6. The van der Waals surface area contributed by atoms with E-state index < -0.39 is 5.60 Å². The molecule has 3 atom stereocenters. The Morgan fingerprint density at radius 3 is 3.05 bits per heavy atom. The Hall–Kier alpha value is -1.42. The Labute approximate surface area is 113 Å². The summed E-state index contributed by atoms with van der Waals surface area (Å²) in [4.78, 5) is 14.5. The number of hydrogen-bond donors (Lipinski definition) is 1. The third-order valence-electron chi connectivity index (χ3n) is 4.63. The predicted octanol–water partition coefficient (Wildman–Crippen LogP) is 0.887. The molecule has 1 aromatic rings. The zero-order chi connectivity index (χ0) is 13.6. The third-order valence-corrected chi connectivity index (χ3v) is 4.63. The lowest BCUT2D eigenvalue weighted by molar-refractivity contribution is -0.671. The Bertz CT molecular complexity index is 513. The minimum atomic E-state index is -0.728. The lowest BCUT2D eigenvalue weighted by Gasteiger charge is -2.33. The molecule has 3 rings (SSSR count). The summed E-state index contributed by atoms with van der Waals surface area (Å²) in [7, 11) is 1.91. The summed E-state index contributed by atoms with van der Waals surface area (Å²) >= 11 is 0. The number of aromatic nitrogens is 1. The van der Waals surface area contributed by atoms with Crippen LogP contribution >= 0.6 is 0 Å². The van der Waals surface area contributed by atoms with Gasteiger partial charge >= 0.3 is 0 Å². The molecule has 1 amide bonds. The molecule has 1 saturated carbocycles. The summed E-state index contributed by atoms with van der Waals surface area (Å²) < 4.78 is 1.88. The summed E-state index contributed by atoms with van der Waals surface area (Å²) in [6.45, 7) is 2.64. The van der Waals surface area contributed by atoms with Crippen molar-refractivity contribution in [2.45, 2.75) is 37.8 Å². The van der Waals surface area contributed by atoms with Crippen LogP contribution in [0.25, 0.3) is 0 Å². The number of pyridine rings is 1. The molecule has 2 heterocycles. The van der Waals surface area contributed by atoms with E-state index in [1.165, 1.54) is 0 Å². The molecule has 0 unspecified atom stereocenters. The number of aryl methyl sites for hydroxylation is 1. The van der Waals surface area contributed by atoms with Gasteiger partial charge in [0, 0.05) is 12.6 Å². The molecule has 4 nitrogen and oxygen atoms in total. The fourth-order valence-electron chi connectivity index (χ4n) is 3.74. The summed E-state index contributed by atoms with van der Waals surface area (Å²) in [5.41, 5.74) is -0.0262. The summed E-state index contributed by atoms with van der Waals surface area (Å²) in [5.74, 6) is 0.516. The van der Waals surface area contributed by atoms with Crippen LogP contribution in [0.3, 0.4) is 0 Å². The maximum Gasteiger partial charge on any atom is 0.260 e. The van der Waals surface area contributed by atoms with E-state index in [9.17, 15) is 9.90 Å². The first-order valence-electron chi connectivity index (χ1n) is 6.98. The van der Waals surface area contributed by atoms with Crippen LogP contribution in [0.4, 0.5) is 0 Å². The molecule has 19 heavy (non-hydrogen) atoms. The lowest BCUT2D eigenvalue weighted by atomic mass is 9.96. The fourth-order valence-corrected chi connectivity index (χ4v) is 3.74. The van der Waals surface area contributed by atoms with Gasteiger partial charge in [-0.15, -0.1) is 0 Å². The number of amides is 1. The molecule has 2 fully saturated rings. The second kappa shape index (κ2) is 4.30. The average molecular weight is 261 g/mol.